The molecule has 2 aromatic rings. The van der Waals surface area contributed by atoms with E-state index in [0.29, 0.717) is 0 Å². The van der Waals surface area contributed by atoms with E-state index in [0.717, 1.165) is 19.4 Å². The quantitative estimate of drug-likeness (QED) is 0.806. The third kappa shape index (κ3) is 3.19. The number of carbonyl (C=O) groups is 1. The first kappa shape index (κ1) is 14.6. The Morgan fingerprint density at radius 1 is 1.15 bits per heavy atom. The zero-order chi connectivity index (χ0) is 14.5. The smallest absolute Gasteiger partial charge is 0.225 e. The highest BCUT2D eigenvalue weighted by Gasteiger charge is 2.15. The van der Waals surface area contributed by atoms with Crippen molar-refractivity contribution in [3.63, 3.8) is 0 Å². The summed E-state index contributed by atoms with van der Waals surface area (Å²) in [7, 11) is 1.90. The molecule has 0 saturated carbocycles. The lowest BCUT2D eigenvalue weighted by Crippen LogP contribution is -2.33. The minimum Gasteiger partial charge on any atom is -0.345 e. The van der Waals surface area contributed by atoms with Crippen molar-refractivity contribution in [2.75, 3.05) is 13.6 Å². The summed E-state index contributed by atoms with van der Waals surface area (Å²) in [5, 5.41) is 2.56. The monoisotopic (exact) mass is 269 g/mol. The van der Waals surface area contributed by atoms with Crippen molar-refractivity contribution in [3.05, 3.63) is 48.0 Å². The van der Waals surface area contributed by atoms with Crippen molar-refractivity contribution < 1.29 is 4.79 Å². The highest BCUT2D eigenvalue weighted by Crippen LogP contribution is 2.19. The normalized spacial score (nSPS) is 12.3. The van der Waals surface area contributed by atoms with E-state index in [-0.39, 0.29) is 11.8 Å². The molecule has 0 aliphatic rings. The maximum Gasteiger partial charge on any atom is 0.225 e. The third-order valence-corrected chi connectivity index (χ3v) is 4.01. The van der Waals surface area contributed by atoms with E-state index in [2.05, 4.69) is 49.4 Å². The Morgan fingerprint density at radius 3 is 2.60 bits per heavy atom. The van der Waals surface area contributed by atoms with E-state index in [9.17, 15) is 4.79 Å². The molecule has 2 rings (SSSR count). The van der Waals surface area contributed by atoms with Gasteiger partial charge in [-0.05, 0) is 29.2 Å². The maximum absolute atomic E-state index is 12.1. The fourth-order valence-corrected chi connectivity index (χ4v) is 2.46. The average molecular weight is 269 g/mol. The van der Waals surface area contributed by atoms with Gasteiger partial charge in [0.15, 0.2) is 0 Å². The number of benzene rings is 2. The van der Waals surface area contributed by atoms with Gasteiger partial charge in [-0.15, -0.1) is 0 Å². The van der Waals surface area contributed by atoms with Crippen LogP contribution in [0.5, 0.6) is 0 Å². The molecule has 0 radical (unpaired) electrons. The number of amides is 1. The molecular weight excluding hydrogens is 246 g/mol. The van der Waals surface area contributed by atoms with Gasteiger partial charge in [-0.1, -0.05) is 56.3 Å². The van der Waals surface area contributed by atoms with E-state index in [1.165, 1.54) is 16.3 Å². The topological polar surface area (TPSA) is 20.3 Å². The first-order valence-corrected chi connectivity index (χ1v) is 7.35. The third-order valence-electron chi connectivity index (χ3n) is 4.01. The predicted molar refractivity (Wildman–Crippen MR) is 84.7 cm³/mol. The summed E-state index contributed by atoms with van der Waals surface area (Å²) in [6, 6.07) is 14.8. The van der Waals surface area contributed by atoms with Crippen molar-refractivity contribution in [1.29, 1.82) is 0 Å². The molecule has 0 fully saturated rings. The van der Waals surface area contributed by atoms with Crippen LogP contribution in [0.25, 0.3) is 10.8 Å². The lowest BCUT2D eigenvalue weighted by Gasteiger charge is -2.21. The Morgan fingerprint density at radius 2 is 1.85 bits per heavy atom. The number of carbonyl (C=O) groups excluding carboxylic acids is 1. The highest BCUT2D eigenvalue weighted by molar-refractivity contribution is 5.85. The standard InChI is InChI=1S/C18H23NO/c1-4-14(2)18(20)19(3)13-12-16-10-7-9-15-8-5-6-11-17(15)16/h5-11,14H,4,12-13H2,1-3H3. The van der Waals surface area contributed by atoms with Crippen molar-refractivity contribution in [2.45, 2.75) is 26.7 Å². The molecule has 0 spiro atoms. The maximum atomic E-state index is 12.1. The minimum atomic E-state index is 0.118. The fraction of sp³-hybridized carbons (Fsp3) is 0.389. The molecule has 106 valence electrons. The van der Waals surface area contributed by atoms with Crippen LogP contribution in [0, 0.1) is 5.92 Å². The number of hydrogen-bond donors (Lipinski definition) is 0. The Bertz CT molecular complexity index is 585. The number of fused-ring (bicyclic) bond motifs is 1. The number of hydrogen-bond acceptors (Lipinski definition) is 1. The van der Waals surface area contributed by atoms with Gasteiger partial charge < -0.3 is 4.90 Å². The molecule has 0 saturated heterocycles. The van der Waals surface area contributed by atoms with Crippen LogP contribution in [-0.2, 0) is 11.2 Å². The summed E-state index contributed by atoms with van der Waals surface area (Å²) in [6.07, 6.45) is 1.80. The van der Waals surface area contributed by atoms with Crippen molar-refractivity contribution in [1.82, 2.24) is 4.90 Å². The first-order chi connectivity index (χ1) is 9.63. The van der Waals surface area contributed by atoms with Crippen molar-refractivity contribution >= 4 is 16.7 Å². The van der Waals surface area contributed by atoms with Crippen LogP contribution in [0.15, 0.2) is 42.5 Å². The molecule has 2 heteroatoms. The largest absolute Gasteiger partial charge is 0.345 e. The second-order valence-corrected chi connectivity index (χ2v) is 5.46. The van der Waals surface area contributed by atoms with Gasteiger partial charge in [-0.2, -0.15) is 0 Å². The molecule has 1 amide bonds. The van der Waals surface area contributed by atoms with Crippen LogP contribution in [0.3, 0.4) is 0 Å². The lowest BCUT2D eigenvalue weighted by molar-refractivity contribution is -0.133. The number of likely N-dealkylation sites (N-methyl/N-ethyl adjacent to an activating group) is 1. The molecular formula is C18H23NO. The molecule has 0 aliphatic carbocycles. The molecule has 20 heavy (non-hydrogen) atoms. The highest BCUT2D eigenvalue weighted by atomic mass is 16.2. The van der Waals surface area contributed by atoms with E-state index < -0.39 is 0 Å². The second kappa shape index (κ2) is 6.56. The van der Waals surface area contributed by atoms with Crippen molar-refractivity contribution in [3.8, 4) is 0 Å². The van der Waals surface area contributed by atoms with Gasteiger partial charge in [-0.3, -0.25) is 4.79 Å². The zero-order valence-electron chi connectivity index (χ0n) is 12.6. The van der Waals surface area contributed by atoms with Crippen LogP contribution in [0.4, 0.5) is 0 Å². The molecule has 2 aromatic carbocycles. The first-order valence-electron chi connectivity index (χ1n) is 7.35. The molecule has 0 heterocycles. The van der Waals surface area contributed by atoms with Gasteiger partial charge in [0.1, 0.15) is 0 Å². The van der Waals surface area contributed by atoms with Crippen LogP contribution < -0.4 is 0 Å². The van der Waals surface area contributed by atoms with E-state index in [1.54, 1.807) is 0 Å². The van der Waals surface area contributed by atoms with E-state index >= 15 is 0 Å². The van der Waals surface area contributed by atoms with Gasteiger partial charge >= 0.3 is 0 Å². The Kier molecular flexibility index (Phi) is 4.78. The summed E-state index contributed by atoms with van der Waals surface area (Å²) < 4.78 is 0. The van der Waals surface area contributed by atoms with Crippen LogP contribution in [0.2, 0.25) is 0 Å². The Labute approximate surface area is 121 Å². The molecule has 0 bridgehead atoms. The van der Waals surface area contributed by atoms with Gasteiger partial charge in [0.05, 0.1) is 0 Å². The zero-order valence-corrected chi connectivity index (χ0v) is 12.6. The SMILES string of the molecule is CCC(C)C(=O)N(C)CCc1cccc2ccccc12. The van der Waals surface area contributed by atoms with E-state index in [4.69, 9.17) is 0 Å². The second-order valence-electron chi connectivity index (χ2n) is 5.46. The summed E-state index contributed by atoms with van der Waals surface area (Å²) in [4.78, 5) is 13.9. The van der Waals surface area contributed by atoms with Gasteiger partial charge in [-0.25, -0.2) is 0 Å². The molecule has 0 aliphatic heterocycles. The lowest BCUT2D eigenvalue weighted by atomic mass is 10.0. The van der Waals surface area contributed by atoms with Crippen LogP contribution >= 0.6 is 0 Å². The summed E-state index contributed by atoms with van der Waals surface area (Å²) in [5.74, 6) is 0.361. The molecule has 0 N–H and O–H groups in total. The fourth-order valence-electron chi connectivity index (χ4n) is 2.46. The van der Waals surface area contributed by atoms with Crippen molar-refractivity contribution in [2.24, 2.45) is 5.92 Å². The van der Waals surface area contributed by atoms with Crippen LogP contribution in [0.1, 0.15) is 25.8 Å². The van der Waals surface area contributed by atoms with Gasteiger partial charge in [0.2, 0.25) is 5.91 Å². The average Bonchev–Trinajstić information content (AvgIpc) is 2.50. The summed E-state index contributed by atoms with van der Waals surface area (Å²) >= 11 is 0. The van der Waals surface area contributed by atoms with E-state index in [1.807, 2.05) is 18.9 Å². The van der Waals surface area contributed by atoms with Gasteiger partial charge in [0.25, 0.3) is 0 Å². The Hall–Kier alpha value is -1.83. The molecule has 0 aromatic heterocycles. The number of nitrogens with zero attached hydrogens (tertiary/aromatic N) is 1. The molecule has 2 nitrogen and oxygen atoms in total. The molecule has 1 atom stereocenters. The summed E-state index contributed by atoms with van der Waals surface area (Å²) in [6.45, 7) is 4.83. The van der Waals surface area contributed by atoms with Gasteiger partial charge in [0, 0.05) is 19.5 Å². The number of rotatable bonds is 5. The minimum absolute atomic E-state index is 0.118. The Balaban J connectivity index is 2.08. The molecule has 1 unspecified atom stereocenters. The summed E-state index contributed by atoms with van der Waals surface area (Å²) in [5.41, 5.74) is 1.31. The predicted octanol–water partition coefficient (Wildman–Crippen LogP) is 3.89. The van der Waals surface area contributed by atoms with Crippen LogP contribution in [-0.4, -0.2) is 24.4 Å².